The second-order valence-corrected chi connectivity index (χ2v) is 7.29. The fraction of sp³-hybridized carbons (Fsp3) is 0.158. The van der Waals surface area contributed by atoms with Crippen molar-refractivity contribution in [2.24, 2.45) is 10.2 Å². The topological polar surface area (TPSA) is 103 Å². The maximum atomic E-state index is 13.0. The van der Waals surface area contributed by atoms with Gasteiger partial charge in [-0.1, -0.05) is 36.0 Å². The number of carbonyl (C=O) groups excluding carboxylic acids is 2. The first kappa shape index (κ1) is 21.4. The number of amides is 2. The summed E-state index contributed by atoms with van der Waals surface area (Å²) < 4.78 is 39.1. The maximum Gasteiger partial charge on any atom is 0.418 e. The molecule has 0 aliphatic carbocycles. The van der Waals surface area contributed by atoms with Crippen LogP contribution >= 0.6 is 11.8 Å². The normalized spacial score (nSPS) is 18.0. The lowest BCUT2D eigenvalue weighted by Gasteiger charge is -2.14. The van der Waals surface area contributed by atoms with Crippen LogP contribution in [0.1, 0.15) is 17.5 Å². The number of benzene rings is 2. The molecule has 7 nitrogen and oxygen atoms in total. The molecule has 1 saturated heterocycles. The van der Waals surface area contributed by atoms with E-state index in [2.05, 4.69) is 20.8 Å². The number of phenolic OH excluding ortho intramolecular Hbond substituents is 1. The number of phenols is 1. The Balaban J connectivity index is 1.61. The van der Waals surface area contributed by atoms with Gasteiger partial charge in [-0.3, -0.25) is 9.59 Å². The van der Waals surface area contributed by atoms with Gasteiger partial charge in [0.15, 0.2) is 5.17 Å². The van der Waals surface area contributed by atoms with Crippen LogP contribution in [0.4, 0.5) is 18.9 Å². The third kappa shape index (κ3) is 5.38. The Hall–Kier alpha value is -3.34. The number of amidine groups is 1. The highest BCUT2D eigenvalue weighted by atomic mass is 32.2. The monoisotopic (exact) mass is 436 g/mol. The number of nitrogens with one attached hydrogen (secondary N) is 2. The molecule has 3 N–H and O–H groups in total. The van der Waals surface area contributed by atoms with Gasteiger partial charge in [-0.15, -0.1) is 5.10 Å². The molecule has 0 radical (unpaired) electrons. The van der Waals surface area contributed by atoms with Gasteiger partial charge in [0, 0.05) is 12.0 Å². The van der Waals surface area contributed by atoms with Crippen molar-refractivity contribution in [2.45, 2.75) is 17.8 Å². The minimum absolute atomic E-state index is 0.0123. The van der Waals surface area contributed by atoms with Crippen molar-refractivity contribution in [3.63, 3.8) is 0 Å². The van der Waals surface area contributed by atoms with Crippen LogP contribution in [0, 0.1) is 0 Å². The lowest BCUT2D eigenvalue weighted by Crippen LogP contribution is -2.28. The fourth-order valence-corrected chi connectivity index (χ4v) is 3.46. The number of alkyl halides is 3. The first-order chi connectivity index (χ1) is 14.2. The summed E-state index contributed by atoms with van der Waals surface area (Å²) in [6.45, 7) is 0. The molecule has 1 unspecified atom stereocenters. The summed E-state index contributed by atoms with van der Waals surface area (Å²) in [7, 11) is 0. The van der Waals surface area contributed by atoms with E-state index in [0.29, 0.717) is 5.56 Å². The number of anilines is 1. The molecular weight excluding hydrogens is 421 g/mol. The largest absolute Gasteiger partial charge is 0.507 e. The Bertz CT molecular complexity index is 1020. The predicted octanol–water partition coefficient (Wildman–Crippen LogP) is 3.36. The van der Waals surface area contributed by atoms with Crippen molar-refractivity contribution in [1.29, 1.82) is 0 Å². The van der Waals surface area contributed by atoms with Crippen molar-refractivity contribution < 1.29 is 27.9 Å². The maximum absolute atomic E-state index is 13.0. The number of para-hydroxylation sites is 2. The second kappa shape index (κ2) is 8.99. The quantitative estimate of drug-likeness (QED) is 0.494. The van der Waals surface area contributed by atoms with Gasteiger partial charge >= 0.3 is 6.18 Å². The van der Waals surface area contributed by atoms with E-state index in [-0.39, 0.29) is 23.0 Å². The summed E-state index contributed by atoms with van der Waals surface area (Å²) in [5, 5.41) is 21.2. The van der Waals surface area contributed by atoms with E-state index in [1.54, 1.807) is 18.2 Å². The van der Waals surface area contributed by atoms with E-state index in [0.717, 1.165) is 23.9 Å². The molecule has 2 aromatic rings. The average molecular weight is 436 g/mol. The molecule has 156 valence electrons. The standard InChI is InChI=1S/C19H15F3N4O3S/c20-19(21,22)12-6-2-3-7-13(12)24-16(28)9-15-17(29)25-18(30-15)26-23-10-11-5-1-4-8-14(11)27/h1-8,10,15,27H,9H2,(H,24,28)(H,25,26,29)/b23-10+. The predicted molar refractivity (Wildman–Crippen MR) is 107 cm³/mol. The summed E-state index contributed by atoms with van der Waals surface area (Å²) in [4.78, 5) is 24.2. The number of thioether (sulfide) groups is 1. The van der Waals surface area contributed by atoms with Gasteiger partial charge in [0.1, 0.15) is 11.0 Å². The zero-order chi connectivity index (χ0) is 21.7. The van der Waals surface area contributed by atoms with Crippen LogP contribution in [0.15, 0.2) is 58.7 Å². The van der Waals surface area contributed by atoms with Crippen LogP contribution in [0.5, 0.6) is 5.75 Å². The summed E-state index contributed by atoms with van der Waals surface area (Å²) in [6.07, 6.45) is -3.66. The Morgan fingerprint density at radius 3 is 2.63 bits per heavy atom. The van der Waals surface area contributed by atoms with Crippen molar-refractivity contribution in [3.05, 3.63) is 59.7 Å². The van der Waals surface area contributed by atoms with Gasteiger partial charge in [0.05, 0.1) is 17.5 Å². The zero-order valence-corrected chi connectivity index (χ0v) is 16.0. The molecule has 2 aromatic carbocycles. The second-order valence-electron chi connectivity index (χ2n) is 6.10. The third-order valence-electron chi connectivity index (χ3n) is 3.94. The van der Waals surface area contributed by atoms with E-state index in [9.17, 15) is 27.9 Å². The van der Waals surface area contributed by atoms with Gasteiger partial charge in [-0.25, -0.2) is 0 Å². The van der Waals surface area contributed by atoms with Gasteiger partial charge in [-0.2, -0.15) is 18.3 Å². The van der Waals surface area contributed by atoms with Crippen LogP contribution in [0.3, 0.4) is 0 Å². The number of nitrogens with zero attached hydrogens (tertiary/aromatic N) is 2. The molecule has 30 heavy (non-hydrogen) atoms. The Kier molecular flexibility index (Phi) is 6.40. The zero-order valence-electron chi connectivity index (χ0n) is 15.2. The Morgan fingerprint density at radius 1 is 1.20 bits per heavy atom. The lowest BCUT2D eigenvalue weighted by atomic mass is 10.1. The molecule has 0 aromatic heterocycles. The SMILES string of the molecule is O=C(CC1S/C(=N\N=C\c2ccccc2O)NC1=O)Nc1ccccc1C(F)(F)F. The number of rotatable bonds is 5. The molecule has 3 rings (SSSR count). The van der Waals surface area contributed by atoms with Crippen LogP contribution in [0.25, 0.3) is 0 Å². The highest BCUT2D eigenvalue weighted by molar-refractivity contribution is 8.15. The Morgan fingerprint density at radius 2 is 1.90 bits per heavy atom. The summed E-state index contributed by atoms with van der Waals surface area (Å²) >= 11 is 0.937. The first-order valence-electron chi connectivity index (χ1n) is 8.56. The highest BCUT2D eigenvalue weighted by Crippen LogP contribution is 2.34. The summed E-state index contributed by atoms with van der Waals surface area (Å²) in [5.41, 5.74) is -0.919. The van der Waals surface area contributed by atoms with Crippen LogP contribution < -0.4 is 10.6 Å². The molecule has 0 saturated carbocycles. The molecular formula is C19H15F3N4O3S. The molecule has 1 aliphatic rings. The van der Waals surface area contributed by atoms with E-state index in [1.165, 1.54) is 24.4 Å². The molecule has 11 heteroatoms. The van der Waals surface area contributed by atoms with Crippen LogP contribution in [-0.4, -0.2) is 33.6 Å². The van der Waals surface area contributed by atoms with Crippen LogP contribution in [-0.2, 0) is 15.8 Å². The lowest BCUT2D eigenvalue weighted by molar-refractivity contribution is -0.137. The van der Waals surface area contributed by atoms with E-state index in [4.69, 9.17) is 0 Å². The van der Waals surface area contributed by atoms with Crippen molar-refractivity contribution in [3.8, 4) is 5.75 Å². The van der Waals surface area contributed by atoms with Gasteiger partial charge in [-0.05, 0) is 24.3 Å². The molecule has 0 spiro atoms. The van der Waals surface area contributed by atoms with Gasteiger partial charge in [0.2, 0.25) is 11.8 Å². The van der Waals surface area contributed by atoms with Crippen molar-refractivity contribution in [2.75, 3.05) is 5.32 Å². The highest BCUT2D eigenvalue weighted by Gasteiger charge is 2.35. The van der Waals surface area contributed by atoms with E-state index in [1.807, 2.05) is 0 Å². The Labute approximate surface area is 173 Å². The first-order valence-corrected chi connectivity index (χ1v) is 9.44. The summed E-state index contributed by atoms with van der Waals surface area (Å²) in [6, 6.07) is 11.0. The van der Waals surface area contributed by atoms with Crippen LogP contribution in [0.2, 0.25) is 0 Å². The van der Waals surface area contributed by atoms with E-state index < -0.39 is 28.8 Å². The van der Waals surface area contributed by atoms with Crippen molar-refractivity contribution in [1.82, 2.24) is 5.32 Å². The molecule has 2 amide bonds. The average Bonchev–Trinajstić information content (AvgIpc) is 3.02. The minimum atomic E-state index is -4.62. The number of hydrogen-bond donors (Lipinski definition) is 3. The molecule has 1 atom stereocenters. The number of aromatic hydroxyl groups is 1. The fourth-order valence-electron chi connectivity index (χ4n) is 2.54. The third-order valence-corrected chi connectivity index (χ3v) is 5.01. The minimum Gasteiger partial charge on any atom is -0.507 e. The summed E-state index contributed by atoms with van der Waals surface area (Å²) in [5.74, 6) is -1.23. The molecule has 0 bridgehead atoms. The van der Waals surface area contributed by atoms with Gasteiger partial charge < -0.3 is 15.7 Å². The number of hydrogen-bond acceptors (Lipinski definition) is 6. The number of halogens is 3. The smallest absolute Gasteiger partial charge is 0.418 e. The van der Waals surface area contributed by atoms with Crippen molar-refractivity contribution >= 4 is 40.6 Å². The van der Waals surface area contributed by atoms with Gasteiger partial charge in [0.25, 0.3) is 0 Å². The molecule has 1 fully saturated rings. The number of carbonyl (C=O) groups is 2. The molecule has 1 aliphatic heterocycles. The van der Waals surface area contributed by atoms with E-state index >= 15 is 0 Å². The molecule has 1 heterocycles.